The highest BCUT2D eigenvalue weighted by Crippen LogP contribution is 2.41. The predicted molar refractivity (Wildman–Crippen MR) is 207 cm³/mol. The van der Waals surface area contributed by atoms with E-state index in [4.69, 9.17) is 19.4 Å². The fourth-order valence-electron chi connectivity index (χ4n) is 7.32. The molecule has 3 aromatic heterocycles. The number of furan rings is 1. The minimum atomic E-state index is 0.585. The van der Waals surface area contributed by atoms with E-state index in [9.17, 15) is 0 Å². The smallest absolute Gasteiger partial charge is 0.164 e. The Bertz CT molecular complexity index is 2820. The van der Waals surface area contributed by atoms with Gasteiger partial charge in [0.2, 0.25) is 0 Å². The lowest BCUT2D eigenvalue weighted by atomic mass is 9.98. The summed E-state index contributed by atoms with van der Waals surface area (Å²) < 4.78 is 9.03. The van der Waals surface area contributed by atoms with Crippen LogP contribution in [0, 0.1) is 0 Å². The Hall–Kier alpha value is -6.85. The van der Waals surface area contributed by atoms with Crippen molar-refractivity contribution in [2.45, 2.75) is 6.42 Å². The van der Waals surface area contributed by atoms with Gasteiger partial charge in [-0.25, -0.2) is 15.0 Å². The first-order chi connectivity index (χ1) is 25.3. The lowest BCUT2D eigenvalue weighted by Gasteiger charge is -2.11. The molecule has 0 bridgehead atoms. The van der Waals surface area contributed by atoms with Gasteiger partial charge < -0.3 is 8.98 Å². The molecular weight excluding hydrogens is 625 g/mol. The molecule has 0 fully saturated rings. The van der Waals surface area contributed by atoms with Crippen molar-refractivity contribution >= 4 is 43.7 Å². The SMILES string of the molecule is c1ccc(Cc2nc(-c3ccccc3)nc(-c3cc(-c4ccccc4)cc4oc5ccc(-n6c7ccccc7c7ccccc76)cc5c34)n2)cc1. The fourth-order valence-corrected chi connectivity index (χ4v) is 7.32. The van der Waals surface area contributed by atoms with E-state index in [0.29, 0.717) is 23.9 Å². The molecule has 0 amide bonds. The van der Waals surface area contributed by atoms with Gasteiger partial charge in [0.15, 0.2) is 11.6 Å². The second-order valence-corrected chi connectivity index (χ2v) is 12.8. The Labute approximate surface area is 294 Å². The van der Waals surface area contributed by atoms with Crippen LogP contribution in [0.5, 0.6) is 0 Å². The van der Waals surface area contributed by atoms with Gasteiger partial charge in [0.25, 0.3) is 0 Å². The Morgan fingerprint density at radius 1 is 0.451 bits per heavy atom. The van der Waals surface area contributed by atoms with Crippen molar-refractivity contribution in [1.29, 1.82) is 0 Å². The number of hydrogen-bond acceptors (Lipinski definition) is 4. The predicted octanol–water partition coefficient (Wildman–Crippen LogP) is 11.5. The maximum Gasteiger partial charge on any atom is 0.164 e. The topological polar surface area (TPSA) is 56.7 Å². The van der Waals surface area contributed by atoms with Gasteiger partial charge in [0.05, 0.1) is 11.0 Å². The summed E-state index contributed by atoms with van der Waals surface area (Å²) in [7, 11) is 0. The molecule has 0 unspecified atom stereocenters. The van der Waals surface area contributed by atoms with Crippen LogP contribution in [0.4, 0.5) is 0 Å². The molecule has 10 aromatic rings. The highest BCUT2D eigenvalue weighted by atomic mass is 16.3. The highest BCUT2D eigenvalue weighted by molar-refractivity contribution is 6.14. The minimum absolute atomic E-state index is 0.585. The van der Waals surface area contributed by atoms with Crippen molar-refractivity contribution < 1.29 is 4.42 Å². The van der Waals surface area contributed by atoms with Gasteiger partial charge in [-0.05, 0) is 59.2 Å². The van der Waals surface area contributed by atoms with E-state index in [2.05, 4.69) is 132 Å². The minimum Gasteiger partial charge on any atom is -0.456 e. The molecule has 0 N–H and O–H groups in total. The summed E-state index contributed by atoms with van der Waals surface area (Å²) in [5.41, 5.74) is 10.1. The van der Waals surface area contributed by atoms with Crippen molar-refractivity contribution in [1.82, 2.24) is 19.5 Å². The van der Waals surface area contributed by atoms with E-state index >= 15 is 0 Å². The number of aromatic nitrogens is 4. The van der Waals surface area contributed by atoms with E-state index in [1.54, 1.807) is 0 Å². The summed E-state index contributed by atoms with van der Waals surface area (Å²) in [6.07, 6.45) is 0.585. The number of hydrogen-bond donors (Lipinski definition) is 0. The number of rotatable bonds is 6. The molecule has 3 heterocycles. The first-order valence-electron chi connectivity index (χ1n) is 17.2. The van der Waals surface area contributed by atoms with Crippen LogP contribution in [-0.2, 0) is 6.42 Å². The summed E-state index contributed by atoms with van der Waals surface area (Å²) in [6.45, 7) is 0. The Morgan fingerprint density at radius 2 is 1.06 bits per heavy atom. The van der Waals surface area contributed by atoms with Crippen molar-refractivity contribution in [2.24, 2.45) is 0 Å². The molecular formula is C46H30N4O. The van der Waals surface area contributed by atoms with Crippen molar-refractivity contribution in [3.8, 4) is 39.6 Å². The third-order valence-corrected chi connectivity index (χ3v) is 9.66. The van der Waals surface area contributed by atoms with Crippen LogP contribution in [0.3, 0.4) is 0 Å². The zero-order valence-electron chi connectivity index (χ0n) is 27.6. The molecule has 7 aromatic carbocycles. The lowest BCUT2D eigenvalue weighted by molar-refractivity contribution is 0.669. The maximum absolute atomic E-state index is 6.68. The standard InChI is InChI=1S/C46H30N4O/c1-4-14-30(15-5-1)26-43-47-45(32-18-8-3-9-19-32)49-46(48-43)38-27-33(31-16-6-2-7-17-31)28-42-44(38)37-29-34(24-25-41(37)51-42)50-39-22-12-10-20-35(39)36-21-11-13-23-40(36)50/h1-25,27-29H,26H2. The van der Waals surface area contributed by atoms with Crippen LogP contribution in [-0.4, -0.2) is 19.5 Å². The molecule has 0 aliphatic carbocycles. The number of benzene rings is 7. The van der Waals surface area contributed by atoms with Gasteiger partial charge in [-0.2, -0.15) is 0 Å². The van der Waals surface area contributed by atoms with Gasteiger partial charge in [0.1, 0.15) is 17.0 Å². The zero-order valence-corrected chi connectivity index (χ0v) is 27.6. The Morgan fingerprint density at radius 3 is 1.76 bits per heavy atom. The number of nitrogens with zero attached hydrogens (tertiary/aromatic N) is 4. The molecule has 0 aliphatic heterocycles. The summed E-state index contributed by atoms with van der Waals surface area (Å²) >= 11 is 0. The molecule has 0 aliphatic rings. The molecule has 10 rings (SSSR count). The summed E-state index contributed by atoms with van der Waals surface area (Å²) in [6, 6.07) is 58.9. The second-order valence-electron chi connectivity index (χ2n) is 12.8. The quantitative estimate of drug-likeness (QED) is 0.179. The molecule has 0 atom stereocenters. The third kappa shape index (κ3) is 5.06. The molecule has 0 spiro atoms. The van der Waals surface area contributed by atoms with Crippen LogP contribution >= 0.6 is 0 Å². The number of para-hydroxylation sites is 2. The molecule has 0 saturated heterocycles. The monoisotopic (exact) mass is 654 g/mol. The van der Waals surface area contributed by atoms with Gasteiger partial charge in [-0.15, -0.1) is 0 Å². The van der Waals surface area contributed by atoms with Crippen LogP contribution in [0.15, 0.2) is 174 Å². The third-order valence-electron chi connectivity index (χ3n) is 9.66. The van der Waals surface area contributed by atoms with E-state index < -0.39 is 0 Å². The van der Waals surface area contributed by atoms with Crippen LogP contribution in [0.25, 0.3) is 83.3 Å². The molecule has 240 valence electrons. The van der Waals surface area contributed by atoms with Crippen LogP contribution in [0.2, 0.25) is 0 Å². The summed E-state index contributed by atoms with van der Waals surface area (Å²) in [5.74, 6) is 1.97. The first kappa shape index (κ1) is 29.1. The van der Waals surface area contributed by atoms with E-state index in [-0.39, 0.29) is 0 Å². The Kier molecular flexibility index (Phi) is 6.81. The normalized spacial score (nSPS) is 11.6. The average Bonchev–Trinajstić information content (AvgIpc) is 3.74. The molecule has 5 nitrogen and oxygen atoms in total. The highest BCUT2D eigenvalue weighted by Gasteiger charge is 2.21. The largest absolute Gasteiger partial charge is 0.456 e. The average molecular weight is 655 g/mol. The molecule has 51 heavy (non-hydrogen) atoms. The first-order valence-corrected chi connectivity index (χ1v) is 17.2. The van der Waals surface area contributed by atoms with Crippen LogP contribution < -0.4 is 0 Å². The van der Waals surface area contributed by atoms with E-state index in [1.165, 1.54) is 10.8 Å². The zero-order chi connectivity index (χ0) is 33.7. The molecule has 0 saturated carbocycles. The van der Waals surface area contributed by atoms with E-state index in [0.717, 1.165) is 66.5 Å². The van der Waals surface area contributed by atoms with Gasteiger partial charge in [-0.3, -0.25) is 0 Å². The lowest BCUT2D eigenvalue weighted by Crippen LogP contribution is -2.04. The van der Waals surface area contributed by atoms with Crippen molar-refractivity contribution in [2.75, 3.05) is 0 Å². The number of fused-ring (bicyclic) bond motifs is 6. The maximum atomic E-state index is 6.68. The Balaban J connectivity index is 1.25. The van der Waals surface area contributed by atoms with Crippen LogP contribution in [0.1, 0.15) is 11.4 Å². The van der Waals surface area contributed by atoms with Gasteiger partial charge >= 0.3 is 0 Å². The van der Waals surface area contributed by atoms with Gasteiger partial charge in [0, 0.05) is 44.8 Å². The molecule has 5 heteroatoms. The van der Waals surface area contributed by atoms with E-state index in [1.807, 2.05) is 42.5 Å². The summed E-state index contributed by atoms with van der Waals surface area (Å²) in [5, 5.41) is 4.43. The molecule has 0 radical (unpaired) electrons. The summed E-state index contributed by atoms with van der Waals surface area (Å²) in [4.78, 5) is 15.3. The van der Waals surface area contributed by atoms with Crippen molar-refractivity contribution in [3.63, 3.8) is 0 Å². The fraction of sp³-hybridized carbons (Fsp3) is 0.0217. The second kappa shape index (κ2) is 11.9. The van der Waals surface area contributed by atoms with Gasteiger partial charge in [-0.1, -0.05) is 127 Å². The van der Waals surface area contributed by atoms with Crippen molar-refractivity contribution in [3.05, 3.63) is 181 Å².